The van der Waals surface area contributed by atoms with Gasteiger partial charge in [-0.05, 0) is 24.6 Å². The number of hydrogen-bond donors (Lipinski definition) is 1. The Labute approximate surface area is 136 Å². The van der Waals surface area contributed by atoms with Gasteiger partial charge in [-0.25, -0.2) is 4.68 Å². The molecular weight excluding hydrogens is 327 g/mol. The Balaban J connectivity index is 2.06. The number of rotatable bonds is 5. The fourth-order valence-electron chi connectivity index (χ4n) is 2.14. The zero-order valence-electron chi connectivity index (χ0n) is 13.2. The lowest BCUT2D eigenvalue weighted by Crippen LogP contribution is -2.26. The van der Waals surface area contributed by atoms with E-state index in [0.717, 1.165) is 0 Å². The fraction of sp³-hybridized carbons (Fsp3) is 0.333. The van der Waals surface area contributed by atoms with E-state index >= 15 is 0 Å². The lowest BCUT2D eigenvalue weighted by atomic mass is 10.1. The topological polar surface area (TPSA) is 65.4 Å². The zero-order chi connectivity index (χ0) is 17.9. The molecule has 6 nitrogen and oxygen atoms in total. The molecule has 1 N–H and O–H groups in total. The van der Waals surface area contributed by atoms with Gasteiger partial charge < -0.3 is 14.8 Å². The molecule has 0 unspecified atom stereocenters. The Hall–Kier alpha value is -2.71. The number of aryl methyl sites for hydroxylation is 1. The highest BCUT2D eigenvalue weighted by Crippen LogP contribution is 2.25. The summed E-state index contributed by atoms with van der Waals surface area (Å²) in [6.45, 7) is 1.71. The van der Waals surface area contributed by atoms with Gasteiger partial charge in [-0.3, -0.25) is 4.79 Å². The summed E-state index contributed by atoms with van der Waals surface area (Å²) in [7, 11) is 3.06. The molecule has 1 heterocycles. The molecular formula is C15H16F3N3O3. The number of ether oxygens (including phenoxy) is 2. The summed E-state index contributed by atoms with van der Waals surface area (Å²) in [5.74, 6) is -0.407. The molecule has 1 aromatic heterocycles. The van der Waals surface area contributed by atoms with E-state index in [1.807, 2.05) is 0 Å². The van der Waals surface area contributed by atoms with E-state index in [1.54, 1.807) is 14.0 Å². The van der Waals surface area contributed by atoms with Crippen molar-refractivity contribution in [1.82, 2.24) is 15.1 Å². The predicted octanol–water partition coefficient (Wildman–Crippen LogP) is 2.82. The van der Waals surface area contributed by atoms with E-state index in [9.17, 15) is 18.0 Å². The molecule has 9 heteroatoms. The number of carbonyl (C=O) groups excluding carboxylic acids is 1. The number of carbonyl (C=O) groups is 1. The van der Waals surface area contributed by atoms with E-state index in [1.165, 1.54) is 42.3 Å². The highest BCUT2D eigenvalue weighted by atomic mass is 19.4. The largest absolute Gasteiger partial charge is 0.573 e. The Bertz CT molecular complexity index is 711. The van der Waals surface area contributed by atoms with E-state index < -0.39 is 18.3 Å². The molecule has 2 rings (SSSR count). The van der Waals surface area contributed by atoms with Crippen molar-refractivity contribution in [1.29, 1.82) is 0 Å². The van der Waals surface area contributed by atoms with Crippen LogP contribution in [0.5, 0.6) is 11.6 Å². The third kappa shape index (κ3) is 4.18. The molecule has 0 aliphatic carbocycles. The number of nitrogens with zero attached hydrogens (tertiary/aromatic N) is 2. The van der Waals surface area contributed by atoms with E-state index in [-0.39, 0.29) is 11.3 Å². The van der Waals surface area contributed by atoms with Crippen molar-refractivity contribution in [3.05, 3.63) is 41.6 Å². The molecule has 2 aromatic rings. The summed E-state index contributed by atoms with van der Waals surface area (Å²) in [4.78, 5) is 12.3. The summed E-state index contributed by atoms with van der Waals surface area (Å²) in [6, 6.07) is 4.85. The van der Waals surface area contributed by atoms with Crippen LogP contribution in [0.2, 0.25) is 0 Å². The van der Waals surface area contributed by atoms with Crippen LogP contribution in [0, 0.1) is 0 Å². The van der Waals surface area contributed by atoms with Crippen molar-refractivity contribution >= 4 is 5.91 Å². The Morgan fingerprint density at radius 2 is 1.92 bits per heavy atom. The Morgan fingerprint density at radius 3 is 2.46 bits per heavy atom. The van der Waals surface area contributed by atoms with Crippen molar-refractivity contribution in [2.75, 3.05) is 7.11 Å². The smallest absolute Gasteiger partial charge is 0.481 e. The van der Waals surface area contributed by atoms with Crippen LogP contribution in [0.15, 0.2) is 30.5 Å². The molecule has 0 bridgehead atoms. The first-order valence-corrected chi connectivity index (χ1v) is 6.94. The number of alkyl halides is 3. The Morgan fingerprint density at radius 1 is 1.29 bits per heavy atom. The minimum absolute atomic E-state index is 0.267. The molecule has 0 saturated heterocycles. The quantitative estimate of drug-likeness (QED) is 0.907. The average molecular weight is 343 g/mol. The van der Waals surface area contributed by atoms with Gasteiger partial charge in [-0.15, -0.1) is 13.2 Å². The molecule has 1 aromatic carbocycles. The van der Waals surface area contributed by atoms with E-state index in [4.69, 9.17) is 4.74 Å². The van der Waals surface area contributed by atoms with E-state index in [0.29, 0.717) is 11.4 Å². The zero-order valence-corrected chi connectivity index (χ0v) is 13.2. The van der Waals surface area contributed by atoms with Crippen LogP contribution in [-0.4, -0.2) is 29.2 Å². The van der Waals surface area contributed by atoms with Crippen molar-refractivity contribution < 1.29 is 27.4 Å². The molecule has 0 saturated carbocycles. The summed E-state index contributed by atoms with van der Waals surface area (Å²) < 4.78 is 46.7. The molecule has 0 fully saturated rings. The third-order valence-corrected chi connectivity index (χ3v) is 3.28. The second kappa shape index (κ2) is 6.81. The van der Waals surface area contributed by atoms with Crippen LogP contribution in [0.3, 0.4) is 0 Å². The number of amides is 1. The summed E-state index contributed by atoms with van der Waals surface area (Å²) in [5.41, 5.74) is 0.893. The minimum Gasteiger partial charge on any atom is -0.481 e. The van der Waals surface area contributed by atoms with Crippen molar-refractivity contribution in [3.8, 4) is 11.6 Å². The lowest BCUT2D eigenvalue weighted by molar-refractivity contribution is -0.274. The van der Waals surface area contributed by atoms with Crippen LogP contribution in [0.4, 0.5) is 13.2 Å². The highest BCUT2D eigenvalue weighted by molar-refractivity contribution is 5.96. The van der Waals surface area contributed by atoms with Gasteiger partial charge in [0.1, 0.15) is 11.3 Å². The predicted molar refractivity (Wildman–Crippen MR) is 78.8 cm³/mol. The van der Waals surface area contributed by atoms with Gasteiger partial charge in [0.2, 0.25) is 5.88 Å². The standard InChI is InChI=1S/C15H16F3N3O3/c1-9(10-4-6-11(7-5-10)24-15(16,17)18)20-13(22)12-8-19-21(2)14(12)23-3/h4-9H,1-3H3,(H,20,22)/t9-/m0/s1. The van der Waals surface area contributed by atoms with Crippen LogP contribution in [0.1, 0.15) is 28.9 Å². The van der Waals surface area contributed by atoms with Crippen molar-refractivity contribution in [3.63, 3.8) is 0 Å². The van der Waals surface area contributed by atoms with Gasteiger partial charge in [0.15, 0.2) is 0 Å². The number of benzene rings is 1. The molecule has 0 aliphatic rings. The lowest BCUT2D eigenvalue weighted by Gasteiger charge is -2.15. The number of methoxy groups -OCH3 is 1. The highest BCUT2D eigenvalue weighted by Gasteiger charge is 2.31. The maximum atomic E-state index is 12.3. The number of hydrogen-bond acceptors (Lipinski definition) is 4. The molecule has 24 heavy (non-hydrogen) atoms. The van der Waals surface area contributed by atoms with Crippen LogP contribution < -0.4 is 14.8 Å². The van der Waals surface area contributed by atoms with Gasteiger partial charge >= 0.3 is 6.36 Å². The van der Waals surface area contributed by atoms with Gasteiger partial charge in [-0.2, -0.15) is 5.10 Å². The first kappa shape index (κ1) is 17.6. The van der Waals surface area contributed by atoms with Crippen molar-refractivity contribution in [2.24, 2.45) is 7.05 Å². The van der Waals surface area contributed by atoms with Crippen LogP contribution in [-0.2, 0) is 7.05 Å². The van der Waals surface area contributed by atoms with Gasteiger partial charge in [0.05, 0.1) is 19.3 Å². The molecule has 1 amide bonds. The van der Waals surface area contributed by atoms with Crippen LogP contribution in [0.25, 0.3) is 0 Å². The molecule has 1 atom stereocenters. The maximum absolute atomic E-state index is 12.3. The number of nitrogens with one attached hydrogen (secondary N) is 1. The minimum atomic E-state index is -4.74. The summed E-state index contributed by atoms with van der Waals surface area (Å²) in [5, 5.41) is 6.67. The second-order valence-electron chi connectivity index (χ2n) is 5.00. The number of halogens is 3. The normalized spacial score (nSPS) is 12.6. The fourth-order valence-corrected chi connectivity index (χ4v) is 2.14. The van der Waals surface area contributed by atoms with Gasteiger partial charge in [-0.1, -0.05) is 12.1 Å². The first-order chi connectivity index (χ1) is 11.2. The van der Waals surface area contributed by atoms with E-state index in [2.05, 4.69) is 15.2 Å². The monoisotopic (exact) mass is 343 g/mol. The third-order valence-electron chi connectivity index (χ3n) is 3.28. The SMILES string of the molecule is COc1c(C(=O)N[C@@H](C)c2ccc(OC(F)(F)F)cc2)cnn1C. The molecule has 0 radical (unpaired) electrons. The maximum Gasteiger partial charge on any atom is 0.573 e. The molecule has 130 valence electrons. The molecule has 0 aliphatic heterocycles. The average Bonchev–Trinajstić information content (AvgIpc) is 2.87. The van der Waals surface area contributed by atoms with Crippen molar-refractivity contribution in [2.45, 2.75) is 19.3 Å². The summed E-state index contributed by atoms with van der Waals surface area (Å²) in [6.07, 6.45) is -3.36. The summed E-state index contributed by atoms with van der Waals surface area (Å²) >= 11 is 0. The second-order valence-corrected chi connectivity index (χ2v) is 5.00. The molecule has 0 spiro atoms. The van der Waals surface area contributed by atoms with Crippen LogP contribution >= 0.6 is 0 Å². The van der Waals surface area contributed by atoms with Gasteiger partial charge in [0.25, 0.3) is 5.91 Å². The first-order valence-electron chi connectivity index (χ1n) is 6.94. The Kier molecular flexibility index (Phi) is 5.01. The van der Waals surface area contributed by atoms with Gasteiger partial charge in [0, 0.05) is 7.05 Å². The number of aromatic nitrogens is 2.